The SMILES string of the molecule is CC1(C)OC2CCOC2O1.Cc1ccc(CO)cc1Cc1ccc(-c2ccc(C(=O)NC3CC3)cc2)s1. The molecule has 2 N–H and O–H groups in total. The van der Waals surface area contributed by atoms with Crippen LogP contribution in [-0.2, 0) is 27.2 Å². The van der Waals surface area contributed by atoms with Gasteiger partial charge in [-0.2, -0.15) is 0 Å². The van der Waals surface area contributed by atoms with Crippen molar-refractivity contribution in [2.24, 2.45) is 0 Å². The highest BCUT2D eigenvalue weighted by Gasteiger charge is 2.44. The topological polar surface area (TPSA) is 77.0 Å². The number of amides is 1. The van der Waals surface area contributed by atoms with Crippen LogP contribution >= 0.6 is 11.3 Å². The molecule has 3 aliphatic rings. The van der Waals surface area contributed by atoms with Crippen LogP contribution in [0.3, 0.4) is 0 Å². The molecule has 3 aromatic rings. The number of aliphatic hydroxyl groups excluding tert-OH is 1. The van der Waals surface area contributed by atoms with Gasteiger partial charge < -0.3 is 24.6 Å². The van der Waals surface area contributed by atoms with Gasteiger partial charge in [0.1, 0.15) is 6.10 Å². The van der Waals surface area contributed by atoms with Gasteiger partial charge in [0, 0.05) is 34.2 Å². The Bertz CT molecular complexity index is 1220. The quantitative estimate of drug-likeness (QED) is 0.443. The molecule has 196 valence electrons. The third kappa shape index (κ3) is 6.67. The first kappa shape index (κ1) is 26.1. The summed E-state index contributed by atoms with van der Waals surface area (Å²) in [6.07, 6.45) is 4.11. The molecule has 2 aliphatic heterocycles. The number of hydrogen-bond donors (Lipinski definition) is 2. The summed E-state index contributed by atoms with van der Waals surface area (Å²) in [5, 5.41) is 12.4. The van der Waals surface area contributed by atoms with E-state index in [4.69, 9.17) is 14.2 Å². The number of carbonyl (C=O) groups excluding carboxylic acids is 1. The van der Waals surface area contributed by atoms with Crippen LogP contribution in [-0.4, -0.2) is 41.8 Å². The number of carbonyl (C=O) groups is 1. The first-order chi connectivity index (χ1) is 17.8. The molecule has 6 nitrogen and oxygen atoms in total. The van der Waals surface area contributed by atoms with E-state index >= 15 is 0 Å². The Morgan fingerprint density at radius 3 is 2.54 bits per heavy atom. The van der Waals surface area contributed by atoms with Gasteiger partial charge in [0.05, 0.1) is 13.2 Å². The Kier molecular flexibility index (Phi) is 7.79. The number of ether oxygens (including phenoxy) is 3. The number of thiophene rings is 1. The zero-order valence-corrected chi connectivity index (χ0v) is 22.5. The fourth-order valence-electron chi connectivity index (χ4n) is 4.55. The molecule has 0 radical (unpaired) electrons. The Morgan fingerprint density at radius 2 is 1.84 bits per heavy atom. The molecule has 1 aromatic heterocycles. The van der Waals surface area contributed by atoms with Gasteiger partial charge in [-0.1, -0.05) is 30.3 Å². The van der Waals surface area contributed by atoms with Crippen molar-refractivity contribution >= 4 is 17.2 Å². The molecule has 2 aromatic carbocycles. The number of nitrogens with one attached hydrogen (secondary N) is 1. The summed E-state index contributed by atoms with van der Waals surface area (Å²) in [7, 11) is 0. The van der Waals surface area contributed by atoms with E-state index < -0.39 is 5.79 Å². The summed E-state index contributed by atoms with van der Waals surface area (Å²) in [6, 6.07) is 18.7. The van der Waals surface area contributed by atoms with Gasteiger partial charge >= 0.3 is 0 Å². The van der Waals surface area contributed by atoms with E-state index in [9.17, 15) is 9.90 Å². The second-order valence-corrected chi connectivity index (χ2v) is 11.6. The lowest BCUT2D eigenvalue weighted by Crippen LogP contribution is -2.25. The van der Waals surface area contributed by atoms with Gasteiger partial charge in [-0.05, 0) is 80.1 Å². The summed E-state index contributed by atoms with van der Waals surface area (Å²) in [5.41, 5.74) is 5.30. The van der Waals surface area contributed by atoms with Gasteiger partial charge in [-0.25, -0.2) is 0 Å². The van der Waals surface area contributed by atoms with Gasteiger partial charge in [-0.15, -0.1) is 11.3 Å². The van der Waals surface area contributed by atoms with E-state index in [1.165, 1.54) is 20.9 Å². The maximum Gasteiger partial charge on any atom is 0.251 e. The molecule has 2 unspecified atom stereocenters. The van der Waals surface area contributed by atoms with Crippen LogP contribution < -0.4 is 5.32 Å². The summed E-state index contributed by atoms with van der Waals surface area (Å²) in [6.45, 7) is 6.77. The van der Waals surface area contributed by atoms with Crippen LogP contribution in [0.5, 0.6) is 0 Å². The maximum absolute atomic E-state index is 12.1. The highest BCUT2D eigenvalue weighted by atomic mass is 32.1. The molecule has 2 saturated heterocycles. The fourth-order valence-corrected chi connectivity index (χ4v) is 5.59. The minimum atomic E-state index is -0.435. The predicted molar refractivity (Wildman–Crippen MR) is 145 cm³/mol. The summed E-state index contributed by atoms with van der Waals surface area (Å²) < 4.78 is 16.2. The van der Waals surface area contributed by atoms with Crippen molar-refractivity contribution in [3.8, 4) is 10.4 Å². The molecular weight excluding hydrogens is 486 g/mol. The van der Waals surface area contributed by atoms with Crippen LogP contribution in [0.1, 0.15) is 65.0 Å². The number of benzene rings is 2. The smallest absolute Gasteiger partial charge is 0.251 e. The molecule has 1 aliphatic carbocycles. The molecular formula is C30H35NO5S. The lowest BCUT2D eigenvalue weighted by Gasteiger charge is -2.17. The number of hydrogen-bond acceptors (Lipinski definition) is 6. The first-order valence-corrected chi connectivity index (χ1v) is 13.8. The average molecular weight is 522 g/mol. The molecule has 0 bridgehead atoms. The normalized spacial score (nSPS) is 21.7. The molecule has 3 fully saturated rings. The highest BCUT2D eigenvalue weighted by Crippen LogP contribution is 2.34. The Hall–Kier alpha value is -2.55. The third-order valence-corrected chi connectivity index (χ3v) is 7.92. The zero-order chi connectivity index (χ0) is 26.0. The van der Waals surface area contributed by atoms with Gasteiger partial charge in [0.15, 0.2) is 12.1 Å². The summed E-state index contributed by atoms with van der Waals surface area (Å²) in [5.74, 6) is -0.411. The van der Waals surface area contributed by atoms with Crippen LogP contribution in [0.2, 0.25) is 0 Å². The minimum Gasteiger partial charge on any atom is -0.392 e. The minimum absolute atomic E-state index is 0.0233. The second kappa shape index (κ2) is 11.1. The number of fused-ring (bicyclic) bond motifs is 1. The zero-order valence-electron chi connectivity index (χ0n) is 21.7. The first-order valence-electron chi connectivity index (χ1n) is 13.0. The van der Waals surface area contributed by atoms with Crippen molar-refractivity contribution in [2.45, 2.75) is 77.3 Å². The van der Waals surface area contributed by atoms with Crippen molar-refractivity contribution in [3.05, 3.63) is 81.7 Å². The van der Waals surface area contributed by atoms with Crippen molar-refractivity contribution in [3.63, 3.8) is 0 Å². The maximum atomic E-state index is 12.1. The molecule has 0 spiro atoms. The number of rotatable bonds is 6. The largest absolute Gasteiger partial charge is 0.392 e. The van der Waals surface area contributed by atoms with Crippen LogP contribution in [0, 0.1) is 6.92 Å². The Balaban J connectivity index is 0.000000233. The monoisotopic (exact) mass is 521 g/mol. The van der Waals surface area contributed by atoms with Gasteiger partial charge in [0.2, 0.25) is 0 Å². The average Bonchev–Trinajstić information content (AvgIpc) is 3.26. The van der Waals surface area contributed by atoms with E-state index in [1.807, 2.05) is 44.2 Å². The third-order valence-electron chi connectivity index (χ3n) is 6.79. The highest BCUT2D eigenvalue weighted by molar-refractivity contribution is 7.15. The standard InChI is InChI=1S/C23H23NO2S.C7H12O3/c1-15-2-3-16(14-25)12-19(15)13-21-10-11-22(27-21)17-4-6-18(7-5-17)23(26)24-20-8-9-20;1-7(2)9-5-3-4-8-6(5)10-7/h2-7,10-12,20,25H,8-9,13-14H2,1H3,(H,24,26);5-6H,3-4H2,1-2H3. The predicted octanol–water partition coefficient (Wildman–Crippen LogP) is 5.58. The Morgan fingerprint density at radius 1 is 1.05 bits per heavy atom. The van der Waals surface area contributed by atoms with E-state index in [0.29, 0.717) is 6.04 Å². The summed E-state index contributed by atoms with van der Waals surface area (Å²) >= 11 is 1.77. The van der Waals surface area contributed by atoms with Crippen LogP contribution in [0.4, 0.5) is 0 Å². The van der Waals surface area contributed by atoms with Crippen LogP contribution in [0.25, 0.3) is 10.4 Å². The molecule has 37 heavy (non-hydrogen) atoms. The Labute approximate surface area is 222 Å². The molecule has 1 amide bonds. The molecule has 2 atom stereocenters. The van der Waals surface area contributed by atoms with Gasteiger partial charge in [-0.3, -0.25) is 4.79 Å². The van der Waals surface area contributed by atoms with Crippen molar-refractivity contribution in [2.75, 3.05) is 6.61 Å². The molecule has 7 heteroatoms. The van der Waals surface area contributed by atoms with E-state index in [0.717, 1.165) is 49.0 Å². The molecule has 6 rings (SSSR count). The van der Waals surface area contributed by atoms with E-state index in [-0.39, 0.29) is 24.9 Å². The van der Waals surface area contributed by atoms with Crippen molar-refractivity contribution in [1.82, 2.24) is 5.32 Å². The second-order valence-electron chi connectivity index (χ2n) is 10.4. The van der Waals surface area contributed by atoms with Crippen molar-refractivity contribution in [1.29, 1.82) is 0 Å². The van der Waals surface area contributed by atoms with Crippen LogP contribution in [0.15, 0.2) is 54.6 Å². The molecule has 1 saturated carbocycles. The lowest BCUT2D eigenvalue weighted by molar-refractivity contribution is -0.192. The summed E-state index contributed by atoms with van der Waals surface area (Å²) in [4.78, 5) is 14.6. The fraction of sp³-hybridized carbons (Fsp3) is 0.433. The van der Waals surface area contributed by atoms with E-state index in [2.05, 4.69) is 36.5 Å². The lowest BCUT2D eigenvalue weighted by atomic mass is 10.0. The molecule has 3 heterocycles. The van der Waals surface area contributed by atoms with Crippen molar-refractivity contribution < 1.29 is 24.1 Å². The van der Waals surface area contributed by atoms with E-state index in [1.54, 1.807) is 11.3 Å². The van der Waals surface area contributed by atoms with Gasteiger partial charge in [0.25, 0.3) is 5.91 Å². The number of aryl methyl sites for hydroxylation is 1. The number of aliphatic hydroxyl groups is 1.